The first-order valence-electron chi connectivity index (χ1n) is 4.26. The van der Waals surface area contributed by atoms with Gasteiger partial charge in [0.05, 0.1) is 40.2 Å². The Balaban J connectivity index is 3.14. The second-order valence-corrected chi connectivity index (χ2v) is 6.29. The first-order valence-corrected chi connectivity index (χ1v) is 7.29. The molecule has 96 valence electrons. The van der Waals surface area contributed by atoms with Gasteiger partial charge in [-0.2, -0.15) is 0 Å². The normalized spacial score (nSPS) is 11.3. The van der Waals surface area contributed by atoms with Crippen molar-refractivity contribution in [3.63, 3.8) is 0 Å². The fourth-order valence-electron chi connectivity index (χ4n) is 1.46. The summed E-state index contributed by atoms with van der Waals surface area (Å²) in [5.41, 5.74) is 0.634. The van der Waals surface area contributed by atoms with E-state index >= 15 is 0 Å². The summed E-state index contributed by atoms with van der Waals surface area (Å²) >= 11 is 48.2. The zero-order valence-electron chi connectivity index (χ0n) is 8.02. The van der Waals surface area contributed by atoms with Crippen LogP contribution in [-0.2, 0) is 0 Å². The Kier molecular flexibility index (Phi) is 4.64. The molecular formula is C10Cl8. The molecule has 2 aliphatic rings. The number of fused-ring (bicyclic) bond motifs is 1. The molecule has 0 saturated heterocycles. The molecule has 0 aromatic rings. The maximum atomic E-state index is 6.11. The molecule has 8 heteroatoms. The van der Waals surface area contributed by atoms with Crippen LogP contribution in [0, 0.1) is 0 Å². The van der Waals surface area contributed by atoms with Gasteiger partial charge in [0.25, 0.3) is 0 Å². The summed E-state index contributed by atoms with van der Waals surface area (Å²) in [4.78, 5) is 0. The van der Waals surface area contributed by atoms with E-state index in [1.54, 1.807) is 0 Å². The summed E-state index contributed by atoms with van der Waals surface area (Å²) in [6.45, 7) is 0. The van der Waals surface area contributed by atoms with E-state index in [4.69, 9.17) is 92.8 Å². The molecule has 0 unspecified atom stereocenters. The summed E-state index contributed by atoms with van der Waals surface area (Å²) in [6, 6.07) is 0. The summed E-state index contributed by atoms with van der Waals surface area (Å²) < 4.78 is 0. The lowest BCUT2D eigenvalue weighted by molar-refractivity contribution is 1.82. The highest BCUT2D eigenvalue weighted by molar-refractivity contribution is 6.59. The molecule has 0 fully saturated rings. The van der Waals surface area contributed by atoms with E-state index in [2.05, 4.69) is 0 Å². The van der Waals surface area contributed by atoms with E-state index in [9.17, 15) is 0 Å². The van der Waals surface area contributed by atoms with Crippen molar-refractivity contribution in [3.8, 4) is 11.1 Å². The third-order valence-corrected chi connectivity index (χ3v) is 5.89. The number of halogens is 8. The molecule has 0 radical (unpaired) electrons. The van der Waals surface area contributed by atoms with Crippen molar-refractivity contribution in [2.24, 2.45) is 0 Å². The van der Waals surface area contributed by atoms with Crippen molar-refractivity contribution >= 4 is 92.8 Å². The van der Waals surface area contributed by atoms with Crippen LogP contribution in [0.5, 0.6) is 0 Å². The van der Waals surface area contributed by atoms with E-state index in [0.29, 0.717) is 11.1 Å². The van der Waals surface area contributed by atoms with Crippen LogP contribution in [0.4, 0.5) is 0 Å². The number of hydrogen-bond acceptors (Lipinski definition) is 0. The molecule has 0 aliphatic heterocycles. The van der Waals surface area contributed by atoms with Gasteiger partial charge in [0.2, 0.25) is 0 Å². The highest BCUT2D eigenvalue weighted by Gasteiger charge is 2.28. The average Bonchev–Trinajstić information content (AvgIpc) is 2.55. The lowest BCUT2D eigenvalue weighted by atomic mass is 10.2. The predicted molar refractivity (Wildman–Crippen MR) is 83.1 cm³/mol. The largest absolute Gasteiger partial charge is 0.0819 e. The van der Waals surface area contributed by atoms with Gasteiger partial charge in [-0.1, -0.05) is 92.8 Å². The molecule has 0 aromatic carbocycles. The molecule has 0 amide bonds. The third-order valence-electron chi connectivity index (χ3n) is 2.28. The summed E-state index contributed by atoms with van der Waals surface area (Å²) in [7, 11) is 0. The molecule has 2 rings (SSSR count). The van der Waals surface area contributed by atoms with Gasteiger partial charge >= 0.3 is 0 Å². The van der Waals surface area contributed by atoms with E-state index < -0.39 is 0 Å². The van der Waals surface area contributed by atoms with Gasteiger partial charge in [0.1, 0.15) is 0 Å². The second-order valence-electron chi connectivity index (χ2n) is 3.26. The Hall–Kier alpha value is 1.02. The predicted octanol–water partition coefficient (Wildman–Crippen LogP) is 8.02. The minimum atomic E-state index is 0.0211. The van der Waals surface area contributed by atoms with E-state index in [-0.39, 0.29) is 40.2 Å². The van der Waals surface area contributed by atoms with Crippen molar-refractivity contribution in [1.29, 1.82) is 0 Å². The van der Waals surface area contributed by atoms with Gasteiger partial charge in [0.15, 0.2) is 0 Å². The van der Waals surface area contributed by atoms with Gasteiger partial charge in [-0.05, 0) is 0 Å². The Morgan fingerprint density at radius 2 is 0.444 bits per heavy atom. The first-order chi connectivity index (χ1) is 8.29. The molecular weight excluding hydrogens is 404 g/mol. The van der Waals surface area contributed by atoms with Crippen LogP contribution in [-0.4, -0.2) is 0 Å². The molecule has 2 aliphatic carbocycles. The lowest BCUT2D eigenvalue weighted by Crippen LogP contribution is -1.73. The zero-order valence-corrected chi connectivity index (χ0v) is 14.1. The number of rotatable bonds is 0. The van der Waals surface area contributed by atoms with Crippen LogP contribution < -0.4 is 0 Å². The van der Waals surface area contributed by atoms with Crippen molar-refractivity contribution in [3.05, 3.63) is 40.2 Å². The SMILES string of the molecule is Clc1c(Cl)c(Cl)c2c(Cl)c(Cl)c(Cl)c-2c(Cl)c1Cl. The maximum absolute atomic E-state index is 6.11. The molecule has 0 atom stereocenters. The number of hydrogen-bond donors (Lipinski definition) is 0. The lowest BCUT2D eigenvalue weighted by Gasteiger charge is -2.00. The highest BCUT2D eigenvalue weighted by atomic mass is 35.5. The fraction of sp³-hybridized carbons (Fsp3) is 0. The molecule has 0 N–H and O–H groups in total. The molecule has 0 aromatic heterocycles. The molecule has 0 saturated carbocycles. The van der Waals surface area contributed by atoms with Crippen LogP contribution in [0.3, 0.4) is 0 Å². The van der Waals surface area contributed by atoms with Gasteiger partial charge in [-0.3, -0.25) is 0 Å². The summed E-state index contributed by atoms with van der Waals surface area (Å²) in [6.07, 6.45) is 0. The van der Waals surface area contributed by atoms with Crippen LogP contribution >= 0.6 is 92.8 Å². The molecule has 18 heavy (non-hydrogen) atoms. The van der Waals surface area contributed by atoms with Gasteiger partial charge in [-0.15, -0.1) is 0 Å². The summed E-state index contributed by atoms with van der Waals surface area (Å²) in [5, 5.41) is 0.677. The smallest absolute Gasteiger partial charge is 0.0809 e. The van der Waals surface area contributed by atoms with Gasteiger partial charge in [-0.25, -0.2) is 0 Å². The average molecular weight is 404 g/mol. The van der Waals surface area contributed by atoms with Crippen molar-refractivity contribution in [2.45, 2.75) is 0 Å². The molecule has 0 heterocycles. The Bertz CT molecular complexity index is 582. The van der Waals surface area contributed by atoms with Crippen LogP contribution in [0.15, 0.2) is 0 Å². The van der Waals surface area contributed by atoms with Crippen LogP contribution in [0.25, 0.3) is 11.1 Å². The van der Waals surface area contributed by atoms with Crippen LogP contribution in [0.2, 0.25) is 40.2 Å². The maximum Gasteiger partial charge on any atom is 0.0809 e. The molecule has 0 spiro atoms. The second kappa shape index (κ2) is 5.42. The monoisotopic (exact) mass is 400 g/mol. The highest BCUT2D eigenvalue weighted by Crippen LogP contribution is 2.56. The van der Waals surface area contributed by atoms with Crippen LogP contribution in [0.1, 0.15) is 0 Å². The Morgan fingerprint density at radius 3 is 0.722 bits per heavy atom. The van der Waals surface area contributed by atoms with Crippen molar-refractivity contribution in [2.75, 3.05) is 0 Å². The first kappa shape index (κ1) is 15.4. The minimum absolute atomic E-state index is 0.0211. The van der Waals surface area contributed by atoms with E-state index in [1.807, 2.05) is 0 Å². The third kappa shape index (κ3) is 2.16. The van der Waals surface area contributed by atoms with Gasteiger partial charge < -0.3 is 0 Å². The molecule has 0 nitrogen and oxygen atoms in total. The van der Waals surface area contributed by atoms with Crippen molar-refractivity contribution < 1.29 is 0 Å². The molecule has 0 bridgehead atoms. The van der Waals surface area contributed by atoms with Crippen molar-refractivity contribution in [1.82, 2.24) is 0 Å². The minimum Gasteiger partial charge on any atom is -0.0819 e. The van der Waals surface area contributed by atoms with E-state index in [0.717, 1.165) is 0 Å². The summed E-state index contributed by atoms with van der Waals surface area (Å²) in [5.74, 6) is 0. The van der Waals surface area contributed by atoms with Gasteiger partial charge in [0, 0.05) is 11.1 Å². The quantitative estimate of drug-likeness (QED) is 0.418. The Morgan fingerprint density at radius 1 is 0.278 bits per heavy atom. The zero-order chi connectivity index (χ0) is 13.8. The van der Waals surface area contributed by atoms with E-state index in [1.165, 1.54) is 0 Å². The Labute approximate surface area is 143 Å². The standard InChI is InChI=1S/C10Cl8/c11-3-1-2(4(12)7(3)15)6(14)9(17)10(18)8(16)5(1)13. The fourth-order valence-corrected chi connectivity index (χ4v) is 3.64. The topological polar surface area (TPSA) is 0 Å².